The highest BCUT2D eigenvalue weighted by Gasteiger charge is 2.17. The van der Waals surface area contributed by atoms with E-state index >= 15 is 0 Å². The Labute approximate surface area is 99.1 Å². The lowest BCUT2D eigenvalue weighted by atomic mass is 10.1. The first-order valence-electron chi connectivity index (χ1n) is 5.49. The summed E-state index contributed by atoms with van der Waals surface area (Å²) in [7, 11) is 0. The van der Waals surface area contributed by atoms with E-state index in [0.717, 1.165) is 12.5 Å². The minimum absolute atomic E-state index is 0.00320. The highest BCUT2D eigenvalue weighted by molar-refractivity contribution is 5.94. The molecular weight excluding hydrogens is 225 g/mol. The highest BCUT2D eigenvalue weighted by Crippen LogP contribution is 2.21. The minimum atomic E-state index is -1.30. The Hall–Kier alpha value is -1.62. The van der Waals surface area contributed by atoms with E-state index < -0.39 is 11.8 Å². The standard InChI is InChI=1S/C12H16FNO3/c1-2-8(6-7-15)14-10-5-3-4-9(13)11(10)12(16)17/h3-5,8,14-15H,2,6-7H2,1H3,(H,16,17). The zero-order valence-electron chi connectivity index (χ0n) is 9.61. The highest BCUT2D eigenvalue weighted by atomic mass is 19.1. The van der Waals surface area contributed by atoms with Gasteiger partial charge in [0.2, 0.25) is 0 Å². The molecule has 0 aromatic heterocycles. The topological polar surface area (TPSA) is 69.6 Å². The third-order valence-electron chi connectivity index (χ3n) is 2.56. The Bertz CT molecular complexity index is 395. The molecule has 0 saturated heterocycles. The molecule has 0 fully saturated rings. The number of carbonyl (C=O) groups is 1. The van der Waals surface area contributed by atoms with Gasteiger partial charge in [-0.1, -0.05) is 13.0 Å². The Balaban J connectivity index is 2.97. The van der Waals surface area contributed by atoms with Crippen LogP contribution in [0.2, 0.25) is 0 Å². The fraction of sp³-hybridized carbons (Fsp3) is 0.417. The molecular formula is C12H16FNO3. The Morgan fingerprint density at radius 3 is 2.76 bits per heavy atom. The second-order valence-corrected chi connectivity index (χ2v) is 3.73. The maximum atomic E-state index is 13.4. The summed E-state index contributed by atoms with van der Waals surface area (Å²) in [5, 5.41) is 20.7. The first-order valence-corrected chi connectivity index (χ1v) is 5.49. The predicted molar refractivity (Wildman–Crippen MR) is 62.8 cm³/mol. The molecule has 0 saturated carbocycles. The molecule has 0 bridgehead atoms. The van der Waals surface area contributed by atoms with Crippen LogP contribution in [0.1, 0.15) is 30.1 Å². The summed E-state index contributed by atoms with van der Waals surface area (Å²) in [6, 6.07) is 4.02. The van der Waals surface area contributed by atoms with Gasteiger partial charge in [-0.25, -0.2) is 9.18 Å². The van der Waals surface area contributed by atoms with E-state index in [1.165, 1.54) is 12.1 Å². The van der Waals surface area contributed by atoms with Crippen LogP contribution in [0.15, 0.2) is 18.2 Å². The van der Waals surface area contributed by atoms with Gasteiger partial charge in [0.15, 0.2) is 0 Å². The molecule has 3 N–H and O–H groups in total. The van der Waals surface area contributed by atoms with Crippen LogP contribution in [0, 0.1) is 5.82 Å². The zero-order valence-corrected chi connectivity index (χ0v) is 9.61. The van der Waals surface area contributed by atoms with Crippen LogP contribution in [0.25, 0.3) is 0 Å². The molecule has 1 aromatic rings. The summed E-state index contributed by atoms with van der Waals surface area (Å²) in [6.07, 6.45) is 1.21. The Morgan fingerprint density at radius 1 is 1.53 bits per heavy atom. The van der Waals surface area contributed by atoms with Crippen molar-refractivity contribution in [3.63, 3.8) is 0 Å². The number of aliphatic hydroxyl groups is 1. The minimum Gasteiger partial charge on any atom is -0.478 e. The zero-order chi connectivity index (χ0) is 12.8. The molecule has 0 heterocycles. The maximum Gasteiger partial charge on any atom is 0.340 e. The number of carboxylic acids is 1. The Kier molecular flexibility index (Phi) is 4.90. The van der Waals surface area contributed by atoms with E-state index in [1.807, 2.05) is 6.92 Å². The van der Waals surface area contributed by atoms with Gasteiger partial charge in [-0.05, 0) is 25.0 Å². The van der Waals surface area contributed by atoms with Crippen LogP contribution in [-0.4, -0.2) is 28.8 Å². The molecule has 0 aliphatic heterocycles. The van der Waals surface area contributed by atoms with Gasteiger partial charge in [-0.15, -0.1) is 0 Å². The largest absolute Gasteiger partial charge is 0.478 e. The second kappa shape index (κ2) is 6.20. The number of nitrogens with one attached hydrogen (secondary N) is 1. The van der Waals surface area contributed by atoms with Crippen LogP contribution < -0.4 is 5.32 Å². The van der Waals surface area contributed by atoms with Gasteiger partial charge in [-0.2, -0.15) is 0 Å². The van der Waals surface area contributed by atoms with Crippen molar-refractivity contribution in [3.05, 3.63) is 29.6 Å². The van der Waals surface area contributed by atoms with Crippen LogP contribution >= 0.6 is 0 Å². The summed E-state index contributed by atoms with van der Waals surface area (Å²) >= 11 is 0. The summed E-state index contributed by atoms with van der Waals surface area (Å²) in [5.41, 5.74) is -0.110. The van der Waals surface area contributed by atoms with Crippen molar-refractivity contribution in [2.75, 3.05) is 11.9 Å². The van der Waals surface area contributed by atoms with Crippen molar-refractivity contribution in [2.24, 2.45) is 0 Å². The first kappa shape index (κ1) is 13.4. The molecule has 1 rings (SSSR count). The van der Waals surface area contributed by atoms with Gasteiger partial charge in [0.25, 0.3) is 0 Å². The molecule has 0 aliphatic rings. The summed E-state index contributed by atoms with van der Waals surface area (Å²) in [5.74, 6) is -2.06. The number of hydrogen-bond donors (Lipinski definition) is 3. The first-order chi connectivity index (χ1) is 8.10. The molecule has 0 amide bonds. The number of aliphatic hydroxyl groups excluding tert-OH is 1. The van der Waals surface area contributed by atoms with Crippen LogP contribution in [-0.2, 0) is 0 Å². The fourth-order valence-electron chi connectivity index (χ4n) is 1.62. The molecule has 0 spiro atoms. The van der Waals surface area contributed by atoms with Gasteiger partial charge >= 0.3 is 5.97 Å². The molecule has 4 nitrogen and oxygen atoms in total. The summed E-state index contributed by atoms with van der Waals surface area (Å²) < 4.78 is 13.4. The molecule has 94 valence electrons. The molecule has 17 heavy (non-hydrogen) atoms. The van der Waals surface area contributed by atoms with Gasteiger partial charge in [0, 0.05) is 12.6 Å². The van der Waals surface area contributed by atoms with Gasteiger partial charge in [0.05, 0.1) is 5.69 Å². The number of anilines is 1. The maximum absolute atomic E-state index is 13.4. The third-order valence-corrected chi connectivity index (χ3v) is 2.56. The van der Waals surface area contributed by atoms with Gasteiger partial charge in [0.1, 0.15) is 11.4 Å². The smallest absolute Gasteiger partial charge is 0.340 e. The van der Waals surface area contributed by atoms with Crippen LogP contribution in [0.5, 0.6) is 0 Å². The van der Waals surface area contributed by atoms with Crippen molar-refractivity contribution >= 4 is 11.7 Å². The lowest BCUT2D eigenvalue weighted by molar-refractivity contribution is 0.0693. The van der Waals surface area contributed by atoms with Crippen LogP contribution in [0.4, 0.5) is 10.1 Å². The number of carboxylic acid groups (broad SMARTS) is 1. The molecule has 1 aromatic carbocycles. The van der Waals surface area contributed by atoms with Crippen molar-refractivity contribution in [1.29, 1.82) is 0 Å². The monoisotopic (exact) mass is 241 g/mol. The molecule has 5 heteroatoms. The van der Waals surface area contributed by atoms with Gasteiger partial charge in [-0.3, -0.25) is 0 Å². The fourth-order valence-corrected chi connectivity index (χ4v) is 1.62. The quantitative estimate of drug-likeness (QED) is 0.713. The van der Waals surface area contributed by atoms with Crippen molar-refractivity contribution in [2.45, 2.75) is 25.8 Å². The molecule has 1 unspecified atom stereocenters. The van der Waals surface area contributed by atoms with Gasteiger partial charge < -0.3 is 15.5 Å². The average molecular weight is 241 g/mol. The third kappa shape index (κ3) is 3.42. The Morgan fingerprint density at radius 2 is 2.24 bits per heavy atom. The van der Waals surface area contributed by atoms with E-state index in [4.69, 9.17) is 10.2 Å². The van der Waals surface area contributed by atoms with E-state index in [0.29, 0.717) is 6.42 Å². The number of aromatic carboxylic acids is 1. The molecule has 0 radical (unpaired) electrons. The number of halogens is 1. The summed E-state index contributed by atoms with van der Waals surface area (Å²) in [4.78, 5) is 10.9. The van der Waals surface area contributed by atoms with Crippen LogP contribution in [0.3, 0.4) is 0 Å². The number of rotatable bonds is 6. The molecule has 1 atom stereocenters. The van der Waals surface area contributed by atoms with E-state index in [9.17, 15) is 9.18 Å². The molecule has 0 aliphatic carbocycles. The number of hydrogen-bond acceptors (Lipinski definition) is 3. The predicted octanol–water partition coefficient (Wildman–Crippen LogP) is 2.10. The second-order valence-electron chi connectivity index (χ2n) is 3.73. The van der Waals surface area contributed by atoms with E-state index in [2.05, 4.69) is 5.32 Å². The van der Waals surface area contributed by atoms with Crippen molar-refractivity contribution in [3.8, 4) is 0 Å². The normalized spacial score (nSPS) is 12.2. The van der Waals surface area contributed by atoms with E-state index in [1.54, 1.807) is 0 Å². The number of benzene rings is 1. The SMILES string of the molecule is CCC(CCO)Nc1cccc(F)c1C(=O)O. The lowest BCUT2D eigenvalue weighted by Gasteiger charge is -2.18. The van der Waals surface area contributed by atoms with E-state index in [-0.39, 0.29) is 23.9 Å². The van der Waals surface area contributed by atoms with Crippen molar-refractivity contribution in [1.82, 2.24) is 0 Å². The average Bonchev–Trinajstić information content (AvgIpc) is 2.28. The summed E-state index contributed by atoms with van der Waals surface area (Å²) in [6.45, 7) is 1.91. The lowest BCUT2D eigenvalue weighted by Crippen LogP contribution is -2.21. The van der Waals surface area contributed by atoms with Crippen molar-refractivity contribution < 1.29 is 19.4 Å².